The molecule has 4 nitrogen and oxygen atoms in total. The first kappa shape index (κ1) is 19.9. The maximum atomic E-state index is 13.7. The quantitative estimate of drug-likeness (QED) is 0.572. The Hall–Kier alpha value is -3.08. The maximum absolute atomic E-state index is 13.7. The molecule has 1 saturated carbocycles. The number of nitrogens with one attached hydrogen (secondary N) is 1. The normalized spacial score (nSPS) is 15.8. The smallest absolute Gasteiger partial charge is 0.225 e. The van der Waals surface area contributed by atoms with E-state index in [1.165, 1.54) is 25.3 Å². The van der Waals surface area contributed by atoms with Crippen LogP contribution in [0.1, 0.15) is 49.8 Å². The molecule has 0 bridgehead atoms. The van der Waals surface area contributed by atoms with Crippen molar-refractivity contribution >= 4 is 11.7 Å². The number of carbonyl (C=O) groups excluding carboxylic acids is 1. The van der Waals surface area contributed by atoms with Crippen LogP contribution < -0.4 is 5.32 Å². The van der Waals surface area contributed by atoms with Gasteiger partial charge in [-0.3, -0.25) is 4.79 Å². The Morgan fingerprint density at radius 3 is 2.58 bits per heavy atom. The fraction of sp³-hybridized carbons (Fsp3) is 0.346. The number of hydrogen-bond acceptors (Lipinski definition) is 3. The van der Waals surface area contributed by atoms with Gasteiger partial charge in [-0.2, -0.15) is 0 Å². The average molecular weight is 416 g/mol. The van der Waals surface area contributed by atoms with Crippen molar-refractivity contribution in [3.8, 4) is 22.5 Å². The lowest BCUT2D eigenvalue weighted by Gasteiger charge is -2.23. The van der Waals surface area contributed by atoms with Gasteiger partial charge in [0, 0.05) is 17.5 Å². The SMILES string of the molecule is O=C(CC1CCCCC1)Nc1nc2c(nc1-c1ccccc1)-c1ccc(F)cc1CC2. The Balaban J connectivity index is 1.52. The minimum Gasteiger partial charge on any atom is -0.309 e. The summed E-state index contributed by atoms with van der Waals surface area (Å²) in [7, 11) is 0. The predicted octanol–water partition coefficient (Wildman–Crippen LogP) is 5.96. The second kappa shape index (κ2) is 8.58. The number of anilines is 1. The van der Waals surface area contributed by atoms with E-state index >= 15 is 0 Å². The van der Waals surface area contributed by atoms with Gasteiger partial charge in [0.25, 0.3) is 0 Å². The number of carbonyl (C=O) groups is 1. The zero-order valence-corrected chi connectivity index (χ0v) is 17.5. The van der Waals surface area contributed by atoms with Gasteiger partial charge in [-0.25, -0.2) is 14.4 Å². The molecule has 1 fully saturated rings. The minimum atomic E-state index is -0.231. The number of aromatic nitrogens is 2. The number of aryl methyl sites for hydroxylation is 2. The van der Waals surface area contributed by atoms with Crippen LogP contribution in [0, 0.1) is 11.7 Å². The van der Waals surface area contributed by atoms with E-state index < -0.39 is 0 Å². The van der Waals surface area contributed by atoms with E-state index in [9.17, 15) is 9.18 Å². The van der Waals surface area contributed by atoms with E-state index in [-0.39, 0.29) is 11.7 Å². The summed E-state index contributed by atoms with van der Waals surface area (Å²) in [6, 6.07) is 14.6. The fourth-order valence-electron chi connectivity index (χ4n) is 4.83. The van der Waals surface area contributed by atoms with Gasteiger partial charge >= 0.3 is 0 Å². The summed E-state index contributed by atoms with van der Waals surface area (Å²) in [5.74, 6) is 0.763. The molecule has 31 heavy (non-hydrogen) atoms. The summed E-state index contributed by atoms with van der Waals surface area (Å²) in [6.07, 6.45) is 7.89. The van der Waals surface area contributed by atoms with Gasteiger partial charge in [0.2, 0.25) is 5.91 Å². The largest absolute Gasteiger partial charge is 0.309 e. The van der Waals surface area contributed by atoms with Crippen LogP contribution in [0.5, 0.6) is 0 Å². The number of halogens is 1. The number of nitrogens with zero attached hydrogens (tertiary/aromatic N) is 2. The third kappa shape index (κ3) is 4.22. The number of fused-ring (bicyclic) bond motifs is 3. The van der Waals surface area contributed by atoms with Crippen molar-refractivity contribution in [2.75, 3.05) is 5.32 Å². The van der Waals surface area contributed by atoms with Crippen molar-refractivity contribution in [2.24, 2.45) is 5.92 Å². The first-order chi connectivity index (χ1) is 15.2. The van der Waals surface area contributed by atoms with Crippen molar-refractivity contribution in [2.45, 2.75) is 51.4 Å². The molecule has 3 aromatic rings. The Bertz CT molecular complexity index is 1110. The number of rotatable bonds is 4. The van der Waals surface area contributed by atoms with Crippen LogP contribution in [0.15, 0.2) is 48.5 Å². The highest BCUT2D eigenvalue weighted by Gasteiger charge is 2.24. The van der Waals surface area contributed by atoms with Gasteiger partial charge in [0.1, 0.15) is 11.5 Å². The molecule has 5 rings (SSSR count). The van der Waals surface area contributed by atoms with E-state index in [4.69, 9.17) is 9.97 Å². The average Bonchev–Trinajstić information content (AvgIpc) is 2.79. The highest BCUT2D eigenvalue weighted by atomic mass is 19.1. The van der Waals surface area contributed by atoms with Crippen molar-refractivity contribution in [3.63, 3.8) is 0 Å². The summed E-state index contributed by atoms with van der Waals surface area (Å²) < 4.78 is 13.7. The molecule has 0 unspecified atom stereocenters. The molecule has 0 atom stereocenters. The summed E-state index contributed by atoms with van der Waals surface area (Å²) >= 11 is 0. The topological polar surface area (TPSA) is 54.9 Å². The molecule has 5 heteroatoms. The van der Waals surface area contributed by atoms with Crippen molar-refractivity contribution in [1.82, 2.24) is 9.97 Å². The molecular formula is C26H26FN3O. The molecule has 1 amide bonds. The van der Waals surface area contributed by atoms with Crippen molar-refractivity contribution < 1.29 is 9.18 Å². The second-order valence-corrected chi connectivity index (χ2v) is 8.64. The fourth-order valence-corrected chi connectivity index (χ4v) is 4.83. The predicted molar refractivity (Wildman–Crippen MR) is 120 cm³/mol. The summed E-state index contributed by atoms with van der Waals surface area (Å²) in [5, 5.41) is 3.07. The lowest BCUT2D eigenvalue weighted by atomic mass is 9.87. The van der Waals surface area contributed by atoms with Gasteiger partial charge < -0.3 is 5.32 Å². The first-order valence-corrected chi connectivity index (χ1v) is 11.2. The van der Waals surface area contributed by atoms with Crippen molar-refractivity contribution in [1.29, 1.82) is 0 Å². The van der Waals surface area contributed by atoms with Gasteiger partial charge in [0.15, 0.2) is 5.82 Å². The Kier molecular flexibility index (Phi) is 5.49. The zero-order valence-electron chi connectivity index (χ0n) is 17.5. The standard InChI is InChI=1S/C26H26FN3O/c27-20-12-13-21-19(16-20)11-14-22-25(21)30-24(18-9-5-2-6-10-18)26(28-22)29-23(31)15-17-7-3-1-4-8-17/h2,5-6,9-10,12-13,16-17H,1,3-4,7-8,11,14-15H2,(H,28,29,31). The van der Waals surface area contributed by atoms with Crippen LogP contribution in [-0.2, 0) is 17.6 Å². The molecule has 2 aliphatic rings. The van der Waals surface area contributed by atoms with Crippen molar-refractivity contribution in [3.05, 3.63) is 65.6 Å². The molecule has 1 N–H and O–H groups in total. The Morgan fingerprint density at radius 1 is 0.968 bits per heavy atom. The molecule has 0 radical (unpaired) electrons. The van der Waals surface area contributed by atoms with Crippen LogP contribution in [-0.4, -0.2) is 15.9 Å². The van der Waals surface area contributed by atoms with E-state index in [1.807, 2.05) is 30.3 Å². The number of benzene rings is 2. The maximum Gasteiger partial charge on any atom is 0.225 e. The van der Waals surface area contributed by atoms with Gasteiger partial charge in [-0.05, 0) is 55.4 Å². The highest BCUT2D eigenvalue weighted by molar-refractivity contribution is 5.94. The number of amides is 1. The Morgan fingerprint density at radius 2 is 1.77 bits per heavy atom. The van der Waals surface area contributed by atoms with Gasteiger partial charge in [-0.1, -0.05) is 49.6 Å². The van der Waals surface area contributed by atoms with Crippen LogP contribution in [0.2, 0.25) is 0 Å². The van der Waals surface area contributed by atoms with Crippen LogP contribution in [0.4, 0.5) is 10.2 Å². The van der Waals surface area contributed by atoms with Crippen LogP contribution in [0.25, 0.3) is 22.5 Å². The van der Waals surface area contributed by atoms with Crippen LogP contribution >= 0.6 is 0 Å². The molecule has 158 valence electrons. The third-order valence-electron chi connectivity index (χ3n) is 6.43. The molecule has 1 heterocycles. The monoisotopic (exact) mass is 415 g/mol. The summed E-state index contributed by atoms with van der Waals surface area (Å²) in [5.41, 5.74) is 5.08. The molecular weight excluding hydrogens is 389 g/mol. The third-order valence-corrected chi connectivity index (χ3v) is 6.43. The van der Waals surface area contributed by atoms with E-state index in [0.29, 0.717) is 30.3 Å². The molecule has 0 aliphatic heterocycles. The number of hydrogen-bond donors (Lipinski definition) is 1. The Labute approximate surface area is 181 Å². The molecule has 2 aliphatic carbocycles. The van der Waals surface area contributed by atoms with E-state index in [0.717, 1.165) is 47.3 Å². The zero-order chi connectivity index (χ0) is 21.2. The van der Waals surface area contributed by atoms with Gasteiger partial charge in [-0.15, -0.1) is 0 Å². The summed E-state index contributed by atoms with van der Waals surface area (Å²) in [6.45, 7) is 0. The molecule has 0 saturated heterocycles. The molecule has 0 spiro atoms. The summed E-state index contributed by atoms with van der Waals surface area (Å²) in [4.78, 5) is 22.7. The first-order valence-electron chi connectivity index (χ1n) is 11.2. The highest BCUT2D eigenvalue weighted by Crippen LogP contribution is 2.36. The second-order valence-electron chi connectivity index (χ2n) is 8.64. The van der Waals surface area contributed by atoms with Gasteiger partial charge in [0.05, 0.1) is 11.4 Å². The van der Waals surface area contributed by atoms with Crippen LogP contribution in [0.3, 0.4) is 0 Å². The lowest BCUT2D eigenvalue weighted by Crippen LogP contribution is -2.20. The lowest BCUT2D eigenvalue weighted by molar-refractivity contribution is -0.117. The minimum absolute atomic E-state index is 0.0108. The van der Waals surface area contributed by atoms with E-state index in [2.05, 4.69) is 5.32 Å². The molecule has 1 aromatic heterocycles. The molecule has 2 aromatic carbocycles. The van der Waals surface area contributed by atoms with E-state index in [1.54, 1.807) is 12.1 Å².